The van der Waals surface area contributed by atoms with Crippen molar-refractivity contribution in [2.45, 2.75) is 6.54 Å². The molecule has 4 amide bonds. The number of carbonyl (C=O) groups excluding carboxylic acids is 3. The summed E-state index contributed by atoms with van der Waals surface area (Å²) in [4.78, 5) is 36.0. The minimum Gasteiger partial charge on any atom is -0.263 e. The normalized spacial score (nSPS) is 16.0. The third kappa shape index (κ3) is 2.01. The largest absolute Gasteiger partial charge is 0.334 e. The highest BCUT2D eigenvalue weighted by atomic mass is 35.5. The molecule has 1 heterocycles. The van der Waals surface area contributed by atoms with E-state index >= 15 is 0 Å². The van der Waals surface area contributed by atoms with Gasteiger partial charge in [0.25, 0.3) is 0 Å². The molecule has 5 nitrogen and oxygen atoms in total. The summed E-state index contributed by atoms with van der Waals surface area (Å²) < 4.78 is 0. The molecule has 0 aliphatic carbocycles. The summed E-state index contributed by atoms with van der Waals surface area (Å²) in [5, 5.41) is 0.570. The number of likely N-dealkylation sites (N-methyl/N-ethyl adjacent to an activating group) is 1. The summed E-state index contributed by atoms with van der Waals surface area (Å²) in [5.74, 6) is -1.60. The molecule has 17 heavy (non-hydrogen) atoms. The van der Waals surface area contributed by atoms with Gasteiger partial charge in [0.15, 0.2) is 0 Å². The van der Waals surface area contributed by atoms with E-state index in [-0.39, 0.29) is 6.54 Å². The zero-order chi connectivity index (χ0) is 12.6. The Morgan fingerprint density at radius 1 is 1.06 bits per heavy atom. The molecule has 1 aromatic rings. The zero-order valence-electron chi connectivity index (χ0n) is 9.01. The van der Waals surface area contributed by atoms with Crippen LogP contribution in [0.4, 0.5) is 4.79 Å². The van der Waals surface area contributed by atoms with E-state index in [2.05, 4.69) is 0 Å². The molecule has 0 radical (unpaired) electrons. The highest BCUT2D eigenvalue weighted by Crippen LogP contribution is 2.16. The highest BCUT2D eigenvalue weighted by Gasteiger charge is 2.41. The molecule has 0 bridgehead atoms. The third-order valence-electron chi connectivity index (χ3n) is 2.50. The molecular weight excluding hydrogens is 244 g/mol. The van der Waals surface area contributed by atoms with Crippen molar-refractivity contribution in [3.05, 3.63) is 34.9 Å². The summed E-state index contributed by atoms with van der Waals surface area (Å²) in [6.07, 6.45) is 0. The number of carbonyl (C=O) groups is 3. The average molecular weight is 253 g/mol. The van der Waals surface area contributed by atoms with Gasteiger partial charge in [-0.1, -0.05) is 23.7 Å². The van der Waals surface area contributed by atoms with Gasteiger partial charge in [-0.15, -0.1) is 0 Å². The number of nitrogens with zero attached hydrogens (tertiary/aromatic N) is 2. The molecule has 88 valence electrons. The van der Waals surface area contributed by atoms with E-state index in [9.17, 15) is 14.4 Å². The van der Waals surface area contributed by atoms with Gasteiger partial charge in [0.1, 0.15) is 0 Å². The van der Waals surface area contributed by atoms with Crippen LogP contribution in [0.5, 0.6) is 0 Å². The Morgan fingerprint density at radius 2 is 1.65 bits per heavy atom. The molecule has 6 heteroatoms. The van der Waals surface area contributed by atoms with Gasteiger partial charge in [-0.25, -0.2) is 4.79 Å². The minimum absolute atomic E-state index is 0.0743. The molecule has 1 fully saturated rings. The maximum Gasteiger partial charge on any atom is 0.334 e. The van der Waals surface area contributed by atoms with Crippen LogP contribution in [-0.2, 0) is 16.1 Å². The van der Waals surface area contributed by atoms with E-state index in [1.165, 1.54) is 7.05 Å². The Kier molecular flexibility index (Phi) is 2.85. The first kappa shape index (κ1) is 11.6. The summed E-state index contributed by atoms with van der Waals surface area (Å²) in [5.41, 5.74) is 0.735. The van der Waals surface area contributed by atoms with Crippen molar-refractivity contribution in [1.29, 1.82) is 0 Å². The molecule has 0 aromatic heterocycles. The summed E-state index contributed by atoms with van der Waals surface area (Å²) in [6.45, 7) is 0.0743. The predicted octanol–water partition coefficient (Wildman–Crippen LogP) is 1.26. The van der Waals surface area contributed by atoms with Crippen molar-refractivity contribution in [3.8, 4) is 0 Å². The monoisotopic (exact) mass is 252 g/mol. The maximum atomic E-state index is 11.6. The smallest absolute Gasteiger partial charge is 0.263 e. The quantitative estimate of drug-likeness (QED) is 0.588. The van der Waals surface area contributed by atoms with Crippen molar-refractivity contribution < 1.29 is 14.4 Å². The van der Waals surface area contributed by atoms with E-state index in [1.807, 2.05) is 0 Å². The second kappa shape index (κ2) is 4.18. The van der Waals surface area contributed by atoms with Gasteiger partial charge in [-0.3, -0.25) is 19.4 Å². The zero-order valence-corrected chi connectivity index (χ0v) is 9.77. The van der Waals surface area contributed by atoms with Crippen LogP contribution in [0.1, 0.15) is 5.56 Å². The highest BCUT2D eigenvalue weighted by molar-refractivity contribution is 6.44. The molecular formula is C11H9ClN2O3. The Labute approximate surface area is 103 Å². The van der Waals surface area contributed by atoms with Crippen LogP contribution < -0.4 is 0 Å². The number of hydrogen-bond acceptors (Lipinski definition) is 3. The molecule has 1 aliphatic heterocycles. The van der Waals surface area contributed by atoms with Crippen LogP contribution in [0.25, 0.3) is 0 Å². The van der Waals surface area contributed by atoms with Gasteiger partial charge in [-0.2, -0.15) is 0 Å². The molecule has 1 aliphatic rings. The number of amides is 4. The van der Waals surface area contributed by atoms with Crippen LogP contribution >= 0.6 is 11.6 Å². The maximum absolute atomic E-state index is 11.6. The fraction of sp³-hybridized carbons (Fsp3) is 0.182. The second-order valence-electron chi connectivity index (χ2n) is 3.66. The third-order valence-corrected chi connectivity index (χ3v) is 2.76. The van der Waals surface area contributed by atoms with Gasteiger partial charge in [0.2, 0.25) is 0 Å². The van der Waals surface area contributed by atoms with E-state index in [4.69, 9.17) is 11.6 Å². The fourth-order valence-electron chi connectivity index (χ4n) is 1.53. The average Bonchev–Trinajstić information content (AvgIpc) is 2.50. The number of halogens is 1. The number of imide groups is 2. The van der Waals surface area contributed by atoms with Crippen LogP contribution in [-0.4, -0.2) is 34.7 Å². The van der Waals surface area contributed by atoms with Gasteiger partial charge in [0.05, 0.1) is 6.54 Å². The number of benzene rings is 1. The van der Waals surface area contributed by atoms with Crippen molar-refractivity contribution in [2.24, 2.45) is 0 Å². The van der Waals surface area contributed by atoms with Gasteiger partial charge in [0, 0.05) is 12.1 Å². The molecule has 1 aromatic carbocycles. The lowest BCUT2D eigenvalue weighted by molar-refractivity contribution is -0.143. The Bertz CT molecular complexity index is 498. The second-order valence-corrected chi connectivity index (χ2v) is 4.10. The molecule has 0 saturated carbocycles. The lowest BCUT2D eigenvalue weighted by Crippen LogP contribution is -2.30. The first-order valence-electron chi connectivity index (χ1n) is 4.88. The standard InChI is InChI=1S/C11H9ClN2O3/c1-13-9(15)10(16)14(11(13)17)6-7-2-4-8(12)5-3-7/h2-5H,6H2,1H3. The Morgan fingerprint density at radius 3 is 2.12 bits per heavy atom. The van der Waals surface area contributed by atoms with Crippen molar-refractivity contribution in [3.63, 3.8) is 0 Å². The van der Waals surface area contributed by atoms with Crippen LogP contribution in [0.3, 0.4) is 0 Å². The lowest BCUT2D eigenvalue weighted by atomic mass is 10.2. The molecule has 0 unspecified atom stereocenters. The van der Waals surface area contributed by atoms with E-state index in [0.29, 0.717) is 5.02 Å². The molecule has 2 rings (SSSR count). The van der Waals surface area contributed by atoms with E-state index in [1.54, 1.807) is 24.3 Å². The summed E-state index contributed by atoms with van der Waals surface area (Å²) in [7, 11) is 1.28. The lowest BCUT2D eigenvalue weighted by Gasteiger charge is -2.12. The summed E-state index contributed by atoms with van der Waals surface area (Å²) >= 11 is 5.72. The van der Waals surface area contributed by atoms with Crippen LogP contribution in [0, 0.1) is 0 Å². The van der Waals surface area contributed by atoms with E-state index in [0.717, 1.165) is 15.4 Å². The van der Waals surface area contributed by atoms with Crippen molar-refractivity contribution in [1.82, 2.24) is 9.80 Å². The van der Waals surface area contributed by atoms with Crippen LogP contribution in [0.2, 0.25) is 5.02 Å². The summed E-state index contributed by atoms with van der Waals surface area (Å²) in [6, 6.07) is 6.12. The van der Waals surface area contributed by atoms with Crippen molar-refractivity contribution in [2.75, 3.05) is 7.05 Å². The molecule has 0 spiro atoms. The predicted molar refractivity (Wildman–Crippen MR) is 60.2 cm³/mol. The Balaban J connectivity index is 2.19. The van der Waals surface area contributed by atoms with Crippen molar-refractivity contribution >= 4 is 29.4 Å². The Hall–Kier alpha value is -1.88. The SMILES string of the molecule is CN1C(=O)C(=O)N(Cc2ccc(Cl)cc2)C1=O. The van der Waals surface area contributed by atoms with Gasteiger partial charge in [-0.05, 0) is 17.7 Å². The fourth-order valence-corrected chi connectivity index (χ4v) is 1.65. The van der Waals surface area contributed by atoms with E-state index < -0.39 is 17.8 Å². The van der Waals surface area contributed by atoms with Gasteiger partial charge >= 0.3 is 17.8 Å². The first-order valence-corrected chi connectivity index (χ1v) is 5.26. The molecule has 0 atom stereocenters. The minimum atomic E-state index is -0.802. The first-order chi connectivity index (χ1) is 8.00. The number of urea groups is 1. The number of hydrogen-bond donors (Lipinski definition) is 0. The van der Waals surface area contributed by atoms with Crippen LogP contribution in [0.15, 0.2) is 24.3 Å². The topological polar surface area (TPSA) is 57.7 Å². The number of rotatable bonds is 2. The van der Waals surface area contributed by atoms with Gasteiger partial charge < -0.3 is 0 Å². The molecule has 0 N–H and O–H groups in total. The molecule has 1 saturated heterocycles.